The van der Waals surface area contributed by atoms with E-state index in [4.69, 9.17) is 11.6 Å². The molecule has 0 saturated heterocycles. The summed E-state index contributed by atoms with van der Waals surface area (Å²) in [5.41, 5.74) is 4.18. The van der Waals surface area contributed by atoms with Gasteiger partial charge < -0.3 is 5.32 Å². The molecule has 0 unspecified atom stereocenters. The molecule has 2 rings (SSSR count). The molecule has 9 heteroatoms. The lowest BCUT2D eigenvalue weighted by atomic mass is 10.1. The summed E-state index contributed by atoms with van der Waals surface area (Å²) in [6.07, 6.45) is -0.0927. The second-order valence-corrected chi connectivity index (χ2v) is 6.21. The average Bonchev–Trinajstić information content (AvgIpc) is 2.61. The first-order valence-corrected chi connectivity index (χ1v) is 8.28. The molecule has 27 heavy (non-hydrogen) atoms. The van der Waals surface area contributed by atoms with Gasteiger partial charge >= 0.3 is 0 Å². The van der Waals surface area contributed by atoms with E-state index < -0.39 is 10.8 Å². The van der Waals surface area contributed by atoms with Crippen LogP contribution in [0.5, 0.6) is 0 Å². The molecule has 2 aromatic carbocycles. The van der Waals surface area contributed by atoms with Crippen LogP contribution in [0.1, 0.15) is 29.3 Å². The number of carbonyl (C=O) groups excluding carboxylic acids is 2. The molecule has 0 aliphatic rings. The number of nitrogens with one attached hydrogen (secondary N) is 2. The summed E-state index contributed by atoms with van der Waals surface area (Å²) in [5, 5.41) is 17.3. The highest BCUT2D eigenvalue weighted by Gasteiger charge is 2.14. The third kappa shape index (κ3) is 5.89. The lowest BCUT2D eigenvalue weighted by Gasteiger charge is -2.06. The first-order valence-electron chi connectivity index (χ1n) is 7.90. The number of nitro groups is 1. The molecule has 0 radical (unpaired) electrons. The van der Waals surface area contributed by atoms with E-state index in [-0.39, 0.29) is 28.7 Å². The molecular weight excluding hydrogens is 372 g/mol. The van der Waals surface area contributed by atoms with E-state index in [9.17, 15) is 19.7 Å². The number of nitro benzene ring substituents is 1. The van der Waals surface area contributed by atoms with Crippen molar-refractivity contribution in [1.29, 1.82) is 0 Å². The van der Waals surface area contributed by atoms with E-state index in [1.54, 1.807) is 19.1 Å². The van der Waals surface area contributed by atoms with Gasteiger partial charge in [-0.25, -0.2) is 5.43 Å². The second-order valence-electron chi connectivity index (χ2n) is 5.80. The molecule has 0 atom stereocenters. The molecule has 0 fully saturated rings. The summed E-state index contributed by atoms with van der Waals surface area (Å²) >= 11 is 5.73. The average molecular weight is 389 g/mol. The molecule has 0 aliphatic heterocycles. The van der Waals surface area contributed by atoms with Gasteiger partial charge in [0.05, 0.1) is 11.3 Å². The third-order valence-corrected chi connectivity index (χ3v) is 3.82. The number of anilines is 1. The number of hydrogen-bond donors (Lipinski definition) is 2. The van der Waals surface area contributed by atoms with Gasteiger partial charge in [0.2, 0.25) is 5.91 Å². The Balaban J connectivity index is 1.94. The summed E-state index contributed by atoms with van der Waals surface area (Å²) in [7, 11) is 0. The zero-order chi connectivity index (χ0) is 20.0. The Labute approximate surface area is 160 Å². The number of amides is 2. The van der Waals surface area contributed by atoms with Crippen molar-refractivity contribution in [3.8, 4) is 0 Å². The number of carbonyl (C=O) groups is 2. The standard InChI is InChI=1S/C18H17ClN4O4/c1-11-3-5-13(6-4-11)18(25)22-21-12(2)9-17(24)20-14-7-8-15(19)16(10-14)23(26)27/h3-8,10H,9H2,1-2H3,(H,20,24)(H,22,25)/b21-12+. The first kappa shape index (κ1) is 20.1. The van der Waals surface area contributed by atoms with E-state index in [1.165, 1.54) is 18.2 Å². The Hall–Kier alpha value is -3.26. The first-order chi connectivity index (χ1) is 12.8. The van der Waals surface area contributed by atoms with E-state index in [0.29, 0.717) is 11.3 Å². The lowest BCUT2D eigenvalue weighted by Crippen LogP contribution is -2.21. The topological polar surface area (TPSA) is 114 Å². The van der Waals surface area contributed by atoms with Gasteiger partial charge in [0.25, 0.3) is 11.6 Å². The summed E-state index contributed by atoms with van der Waals surface area (Å²) < 4.78 is 0. The fraction of sp³-hybridized carbons (Fsp3) is 0.167. The Morgan fingerprint density at radius 3 is 2.48 bits per heavy atom. The molecular formula is C18H17ClN4O4. The van der Waals surface area contributed by atoms with Crippen LogP contribution >= 0.6 is 11.6 Å². The Morgan fingerprint density at radius 1 is 1.19 bits per heavy atom. The maximum Gasteiger partial charge on any atom is 0.289 e. The molecule has 2 aromatic rings. The monoisotopic (exact) mass is 388 g/mol. The molecule has 2 amide bonds. The van der Waals surface area contributed by atoms with Crippen molar-refractivity contribution < 1.29 is 14.5 Å². The van der Waals surface area contributed by atoms with Gasteiger partial charge in [0, 0.05) is 23.0 Å². The SMILES string of the molecule is C/C(CC(=O)Nc1ccc(Cl)c([N+](=O)[O-])c1)=N\NC(=O)c1ccc(C)cc1. The quantitative estimate of drug-likeness (QED) is 0.446. The normalized spacial score (nSPS) is 11.0. The largest absolute Gasteiger partial charge is 0.326 e. The molecule has 140 valence electrons. The number of hydrazone groups is 1. The number of halogens is 1. The van der Waals surface area contributed by atoms with Crippen molar-refractivity contribution in [3.05, 3.63) is 68.7 Å². The van der Waals surface area contributed by atoms with E-state index in [1.807, 2.05) is 19.1 Å². The van der Waals surface area contributed by atoms with Crippen molar-refractivity contribution in [3.63, 3.8) is 0 Å². The van der Waals surface area contributed by atoms with Crippen LogP contribution in [0, 0.1) is 17.0 Å². The smallest absolute Gasteiger partial charge is 0.289 e. The number of benzene rings is 2. The van der Waals surface area contributed by atoms with Crippen molar-refractivity contribution in [2.75, 3.05) is 5.32 Å². The van der Waals surface area contributed by atoms with Gasteiger partial charge in [-0.15, -0.1) is 0 Å². The predicted octanol–water partition coefficient (Wildman–Crippen LogP) is 3.69. The number of aryl methyl sites for hydroxylation is 1. The molecule has 8 nitrogen and oxygen atoms in total. The fourth-order valence-electron chi connectivity index (χ4n) is 2.12. The highest BCUT2D eigenvalue weighted by molar-refractivity contribution is 6.32. The molecule has 0 heterocycles. The summed E-state index contributed by atoms with van der Waals surface area (Å²) in [6, 6.07) is 10.9. The van der Waals surface area contributed by atoms with Crippen molar-refractivity contribution >= 4 is 40.5 Å². The van der Waals surface area contributed by atoms with E-state index >= 15 is 0 Å². The minimum atomic E-state index is -0.634. The Kier molecular flexibility index (Phi) is 6.62. The summed E-state index contributed by atoms with van der Waals surface area (Å²) in [5.74, 6) is -0.819. The van der Waals surface area contributed by atoms with Crippen LogP contribution in [0.3, 0.4) is 0 Å². The highest BCUT2D eigenvalue weighted by atomic mass is 35.5. The van der Waals surface area contributed by atoms with Gasteiger partial charge in [-0.3, -0.25) is 19.7 Å². The zero-order valence-electron chi connectivity index (χ0n) is 14.7. The van der Waals surface area contributed by atoms with Crippen molar-refractivity contribution in [1.82, 2.24) is 5.43 Å². The number of nitrogens with zero attached hydrogens (tertiary/aromatic N) is 2. The minimum Gasteiger partial charge on any atom is -0.326 e. The predicted molar refractivity (Wildman–Crippen MR) is 103 cm³/mol. The molecule has 0 bridgehead atoms. The Bertz CT molecular complexity index is 910. The zero-order valence-corrected chi connectivity index (χ0v) is 15.4. The van der Waals surface area contributed by atoms with Gasteiger partial charge in [-0.05, 0) is 38.1 Å². The minimum absolute atomic E-state index is 0.0189. The maximum atomic E-state index is 12.0. The lowest BCUT2D eigenvalue weighted by molar-refractivity contribution is -0.384. The van der Waals surface area contributed by atoms with Crippen LogP contribution in [-0.4, -0.2) is 22.4 Å². The molecule has 2 N–H and O–H groups in total. The molecule has 0 saturated carbocycles. The summed E-state index contributed by atoms with van der Waals surface area (Å²) in [6.45, 7) is 3.50. The Morgan fingerprint density at radius 2 is 1.85 bits per heavy atom. The van der Waals surface area contributed by atoms with Crippen LogP contribution in [-0.2, 0) is 4.79 Å². The fourth-order valence-corrected chi connectivity index (χ4v) is 2.31. The van der Waals surface area contributed by atoms with Gasteiger partial charge in [-0.2, -0.15) is 5.10 Å². The van der Waals surface area contributed by atoms with Gasteiger partial charge in [0.1, 0.15) is 5.02 Å². The molecule has 0 spiro atoms. The second kappa shape index (κ2) is 8.91. The van der Waals surface area contributed by atoms with Crippen LogP contribution in [0.25, 0.3) is 0 Å². The third-order valence-electron chi connectivity index (χ3n) is 3.51. The van der Waals surface area contributed by atoms with E-state index in [0.717, 1.165) is 5.56 Å². The summed E-state index contributed by atoms with van der Waals surface area (Å²) in [4.78, 5) is 34.2. The van der Waals surface area contributed by atoms with Crippen LogP contribution in [0.15, 0.2) is 47.6 Å². The van der Waals surface area contributed by atoms with E-state index in [2.05, 4.69) is 15.8 Å². The highest BCUT2D eigenvalue weighted by Crippen LogP contribution is 2.27. The number of hydrogen-bond acceptors (Lipinski definition) is 5. The molecule has 0 aromatic heterocycles. The van der Waals surface area contributed by atoms with Crippen molar-refractivity contribution in [2.24, 2.45) is 5.10 Å². The van der Waals surface area contributed by atoms with Crippen LogP contribution < -0.4 is 10.7 Å². The molecule has 0 aliphatic carbocycles. The number of rotatable bonds is 6. The van der Waals surface area contributed by atoms with Crippen molar-refractivity contribution in [2.45, 2.75) is 20.3 Å². The van der Waals surface area contributed by atoms with Crippen LogP contribution in [0.2, 0.25) is 5.02 Å². The maximum absolute atomic E-state index is 12.0. The van der Waals surface area contributed by atoms with Crippen LogP contribution in [0.4, 0.5) is 11.4 Å². The van der Waals surface area contributed by atoms with Gasteiger partial charge in [-0.1, -0.05) is 29.3 Å². The van der Waals surface area contributed by atoms with Gasteiger partial charge in [0.15, 0.2) is 0 Å².